The first kappa shape index (κ1) is 14.8. The van der Waals surface area contributed by atoms with Gasteiger partial charge in [-0.25, -0.2) is 21.6 Å². The molecule has 2 rings (SSSR count). The van der Waals surface area contributed by atoms with Gasteiger partial charge < -0.3 is 5.32 Å². The molecule has 0 spiro atoms. The Bertz CT molecular complexity index is 640. The quantitative estimate of drug-likeness (QED) is 0.870. The number of nitrogens with zero attached hydrogens (tertiary/aromatic N) is 1. The van der Waals surface area contributed by atoms with Crippen LogP contribution in [0.1, 0.15) is 6.92 Å². The lowest BCUT2D eigenvalue weighted by Crippen LogP contribution is -2.55. The number of halogens is 3. The fourth-order valence-corrected chi connectivity index (χ4v) is 3.67. The minimum absolute atomic E-state index is 0.0346. The van der Waals surface area contributed by atoms with E-state index in [1.165, 1.54) is 6.92 Å². The van der Waals surface area contributed by atoms with E-state index in [0.29, 0.717) is 4.31 Å². The summed E-state index contributed by atoms with van der Waals surface area (Å²) in [6.45, 7) is 1.21. The van der Waals surface area contributed by atoms with Crippen molar-refractivity contribution in [2.45, 2.75) is 17.9 Å². The van der Waals surface area contributed by atoms with Gasteiger partial charge in [-0.15, -0.1) is 0 Å². The average Bonchev–Trinajstić information content (AvgIpc) is 2.30. The summed E-state index contributed by atoms with van der Waals surface area (Å²) in [4.78, 5) is 10.2. The minimum Gasteiger partial charge on any atom is -0.353 e. The van der Waals surface area contributed by atoms with E-state index in [0.717, 1.165) is 0 Å². The number of nitrogens with one attached hydrogen (secondary N) is 1. The molecular formula is C11H11F3N2O3S. The van der Waals surface area contributed by atoms with Gasteiger partial charge in [0.05, 0.1) is 0 Å². The molecule has 1 unspecified atom stereocenters. The Kier molecular flexibility index (Phi) is 3.74. The molecule has 1 fully saturated rings. The molecule has 110 valence electrons. The summed E-state index contributed by atoms with van der Waals surface area (Å²) < 4.78 is 65.2. The van der Waals surface area contributed by atoms with Crippen LogP contribution < -0.4 is 5.32 Å². The SMILES string of the molecule is CC1C(=O)NCCN1S(=O)(=O)c1c(F)cc(F)cc1F. The lowest BCUT2D eigenvalue weighted by atomic mass is 10.2. The molecule has 20 heavy (non-hydrogen) atoms. The second-order valence-corrected chi connectivity index (χ2v) is 6.11. The highest BCUT2D eigenvalue weighted by Gasteiger charge is 2.38. The van der Waals surface area contributed by atoms with Crippen LogP contribution in [-0.2, 0) is 14.8 Å². The number of hydrogen-bond donors (Lipinski definition) is 1. The molecule has 0 saturated carbocycles. The van der Waals surface area contributed by atoms with Gasteiger partial charge in [0.25, 0.3) is 0 Å². The molecule has 0 aromatic heterocycles. The summed E-state index contributed by atoms with van der Waals surface area (Å²) in [5.74, 6) is -4.84. The van der Waals surface area contributed by atoms with E-state index in [1.807, 2.05) is 0 Å². The van der Waals surface area contributed by atoms with Gasteiger partial charge in [0.2, 0.25) is 15.9 Å². The van der Waals surface area contributed by atoms with E-state index in [4.69, 9.17) is 0 Å². The second-order valence-electron chi connectivity index (χ2n) is 4.28. The zero-order valence-electron chi connectivity index (χ0n) is 10.4. The highest BCUT2D eigenvalue weighted by molar-refractivity contribution is 7.89. The van der Waals surface area contributed by atoms with Crippen molar-refractivity contribution in [1.29, 1.82) is 0 Å². The smallest absolute Gasteiger partial charge is 0.249 e. The predicted molar refractivity (Wildman–Crippen MR) is 62.7 cm³/mol. The van der Waals surface area contributed by atoms with Crippen LogP contribution in [-0.4, -0.2) is 37.8 Å². The molecule has 9 heteroatoms. The third-order valence-corrected chi connectivity index (χ3v) is 4.99. The maximum absolute atomic E-state index is 13.6. The Morgan fingerprint density at radius 2 is 1.80 bits per heavy atom. The first-order valence-electron chi connectivity index (χ1n) is 5.69. The Balaban J connectivity index is 2.53. The van der Waals surface area contributed by atoms with Crippen LogP contribution in [0.3, 0.4) is 0 Å². The number of amides is 1. The van der Waals surface area contributed by atoms with Crippen molar-refractivity contribution in [3.8, 4) is 0 Å². The zero-order chi connectivity index (χ0) is 15.1. The molecule has 1 heterocycles. The lowest BCUT2D eigenvalue weighted by molar-refractivity contribution is -0.126. The van der Waals surface area contributed by atoms with Crippen molar-refractivity contribution in [3.63, 3.8) is 0 Å². The van der Waals surface area contributed by atoms with Crippen molar-refractivity contribution in [3.05, 3.63) is 29.6 Å². The number of hydrogen-bond acceptors (Lipinski definition) is 3. The molecule has 0 radical (unpaired) electrons. The highest BCUT2D eigenvalue weighted by Crippen LogP contribution is 2.25. The van der Waals surface area contributed by atoms with E-state index in [9.17, 15) is 26.4 Å². The summed E-state index contributed by atoms with van der Waals surface area (Å²) in [5.41, 5.74) is 0. The van der Waals surface area contributed by atoms with Crippen molar-refractivity contribution in [2.24, 2.45) is 0 Å². The number of sulfonamides is 1. The third-order valence-electron chi connectivity index (χ3n) is 2.97. The molecular weight excluding hydrogens is 297 g/mol. The lowest BCUT2D eigenvalue weighted by Gasteiger charge is -2.31. The zero-order valence-corrected chi connectivity index (χ0v) is 11.2. The van der Waals surface area contributed by atoms with Gasteiger partial charge >= 0.3 is 0 Å². The minimum atomic E-state index is -4.57. The summed E-state index contributed by atoms with van der Waals surface area (Å²) in [5, 5.41) is 2.43. The molecule has 1 atom stereocenters. The normalized spacial score (nSPS) is 20.8. The first-order chi connectivity index (χ1) is 9.25. The molecule has 5 nitrogen and oxygen atoms in total. The Morgan fingerprint density at radius 3 is 2.35 bits per heavy atom. The monoisotopic (exact) mass is 308 g/mol. The third kappa shape index (κ3) is 2.38. The maximum Gasteiger partial charge on any atom is 0.249 e. The van der Waals surface area contributed by atoms with E-state index >= 15 is 0 Å². The Hall–Kier alpha value is -1.61. The van der Waals surface area contributed by atoms with Crippen LogP contribution in [0.5, 0.6) is 0 Å². The standard InChI is InChI=1S/C11H11F3N2O3S/c1-6-11(17)15-2-3-16(6)20(18,19)10-8(13)4-7(12)5-9(10)14/h4-6H,2-3H2,1H3,(H,15,17). The highest BCUT2D eigenvalue weighted by atomic mass is 32.2. The molecule has 1 aliphatic heterocycles. The van der Waals surface area contributed by atoms with Crippen LogP contribution in [0.4, 0.5) is 13.2 Å². The average molecular weight is 308 g/mol. The largest absolute Gasteiger partial charge is 0.353 e. The topological polar surface area (TPSA) is 66.5 Å². The van der Waals surface area contributed by atoms with Crippen LogP contribution >= 0.6 is 0 Å². The molecule has 0 aliphatic carbocycles. The number of benzene rings is 1. The first-order valence-corrected chi connectivity index (χ1v) is 7.13. The van der Waals surface area contributed by atoms with Crippen molar-refractivity contribution in [2.75, 3.05) is 13.1 Å². The van der Waals surface area contributed by atoms with E-state index in [2.05, 4.69) is 5.32 Å². The number of carbonyl (C=O) groups excluding carboxylic acids is 1. The molecule has 1 aromatic carbocycles. The van der Waals surface area contributed by atoms with Crippen LogP contribution in [0.15, 0.2) is 17.0 Å². The van der Waals surface area contributed by atoms with E-state index in [-0.39, 0.29) is 25.2 Å². The number of rotatable bonds is 2. The molecule has 1 amide bonds. The number of piperazine rings is 1. The van der Waals surface area contributed by atoms with Gasteiger partial charge in [-0.2, -0.15) is 4.31 Å². The second kappa shape index (κ2) is 5.06. The van der Waals surface area contributed by atoms with Crippen molar-refractivity contribution < 1.29 is 26.4 Å². The summed E-state index contributed by atoms with van der Waals surface area (Å²) in [6, 6.07) is -0.535. The van der Waals surface area contributed by atoms with Crippen molar-refractivity contribution in [1.82, 2.24) is 9.62 Å². The Labute approximate surface area is 113 Å². The molecule has 1 aromatic rings. The van der Waals surface area contributed by atoms with Gasteiger partial charge in [-0.05, 0) is 6.92 Å². The van der Waals surface area contributed by atoms with Crippen LogP contribution in [0.2, 0.25) is 0 Å². The fourth-order valence-electron chi connectivity index (χ4n) is 1.98. The van der Waals surface area contributed by atoms with E-state index in [1.54, 1.807) is 0 Å². The maximum atomic E-state index is 13.6. The molecule has 0 bridgehead atoms. The predicted octanol–water partition coefficient (Wildman–Crippen LogP) is 0.613. The van der Waals surface area contributed by atoms with Gasteiger partial charge in [-0.3, -0.25) is 4.79 Å². The Morgan fingerprint density at radius 1 is 1.25 bits per heavy atom. The fraction of sp³-hybridized carbons (Fsp3) is 0.364. The summed E-state index contributed by atoms with van der Waals surface area (Å²) >= 11 is 0. The molecule has 1 saturated heterocycles. The number of carbonyl (C=O) groups is 1. The summed E-state index contributed by atoms with van der Waals surface area (Å²) in [7, 11) is -4.57. The van der Waals surface area contributed by atoms with E-state index < -0.39 is 44.3 Å². The molecule has 1 aliphatic rings. The van der Waals surface area contributed by atoms with Gasteiger partial charge in [0.1, 0.15) is 23.5 Å². The van der Waals surface area contributed by atoms with Gasteiger partial charge in [0, 0.05) is 25.2 Å². The van der Waals surface area contributed by atoms with Crippen LogP contribution in [0.25, 0.3) is 0 Å². The van der Waals surface area contributed by atoms with Gasteiger partial charge in [0.15, 0.2) is 4.90 Å². The molecule has 1 N–H and O–H groups in total. The van der Waals surface area contributed by atoms with Gasteiger partial charge in [-0.1, -0.05) is 0 Å². The van der Waals surface area contributed by atoms with Crippen LogP contribution in [0, 0.1) is 17.5 Å². The van der Waals surface area contributed by atoms with Crippen molar-refractivity contribution >= 4 is 15.9 Å². The summed E-state index contributed by atoms with van der Waals surface area (Å²) in [6.07, 6.45) is 0.